The average molecular weight is 583 g/mol. The molecule has 0 unspecified atom stereocenters. The molecule has 0 bridgehead atoms. The number of nitrogens with zero attached hydrogens (tertiary/aromatic N) is 1. The van der Waals surface area contributed by atoms with E-state index in [0.717, 1.165) is 48.7 Å². The van der Waals surface area contributed by atoms with E-state index in [2.05, 4.69) is 73.2 Å². The van der Waals surface area contributed by atoms with E-state index >= 15 is 0 Å². The van der Waals surface area contributed by atoms with Crippen LogP contribution >= 0.6 is 31.9 Å². The molecule has 0 spiro atoms. The number of rotatable bonds is 8. The Morgan fingerprint density at radius 2 is 1.59 bits per heavy atom. The summed E-state index contributed by atoms with van der Waals surface area (Å²) in [6.07, 6.45) is 0.544. The van der Waals surface area contributed by atoms with Crippen LogP contribution in [0, 0.1) is 0 Å². The summed E-state index contributed by atoms with van der Waals surface area (Å²) in [5.74, 6) is 0.407. The van der Waals surface area contributed by atoms with Crippen LogP contribution in [0.3, 0.4) is 0 Å². The van der Waals surface area contributed by atoms with Crippen molar-refractivity contribution in [3.05, 3.63) is 111 Å². The van der Waals surface area contributed by atoms with Gasteiger partial charge < -0.3 is 14.7 Å². The standard InChI is InChI=1S/C29H29Br2NO2/c1-32(2)16-15-29(33,25-11-7-8-12-26(25)31)28(20-9-5-4-6-10-20)24-18-22-17-23(30)14-13-21(22)19-27(24)34-3/h4-14,17-19,28,33H,15-16H2,1-3H3/t28-,29-/m1/s1. The fraction of sp³-hybridized carbons (Fsp3) is 0.241. The van der Waals surface area contributed by atoms with E-state index in [4.69, 9.17) is 4.74 Å². The third-order valence-electron chi connectivity index (χ3n) is 6.35. The molecule has 4 aromatic carbocycles. The largest absolute Gasteiger partial charge is 0.496 e. The first-order chi connectivity index (χ1) is 16.3. The Morgan fingerprint density at radius 1 is 0.882 bits per heavy atom. The van der Waals surface area contributed by atoms with Gasteiger partial charge >= 0.3 is 0 Å². The second-order valence-electron chi connectivity index (χ2n) is 8.89. The molecule has 0 saturated carbocycles. The molecule has 0 amide bonds. The van der Waals surface area contributed by atoms with Crippen LogP contribution in [0.2, 0.25) is 0 Å². The van der Waals surface area contributed by atoms with Crippen LogP contribution in [0.5, 0.6) is 5.75 Å². The number of aliphatic hydroxyl groups is 1. The van der Waals surface area contributed by atoms with E-state index in [1.807, 2.05) is 62.6 Å². The van der Waals surface area contributed by atoms with Crippen molar-refractivity contribution in [2.75, 3.05) is 27.7 Å². The number of hydrogen-bond donors (Lipinski definition) is 1. The van der Waals surface area contributed by atoms with Crippen LogP contribution in [-0.4, -0.2) is 37.8 Å². The SMILES string of the molecule is COc1cc2ccc(Br)cc2cc1[C@@H](c1ccccc1)[C@@](O)(CCN(C)C)c1ccccc1Br. The van der Waals surface area contributed by atoms with Crippen molar-refractivity contribution in [3.63, 3.8) is 0 Å². The first kappa shape index (κ1) is 24.9. The van der Waals surface area contributed by atoms with Crippen LogP contribution in [-0.2, 0) is 5.60 Å². The van der Waals surface area contributed by atoms with Gasteiger partial charge in [-0.25, -0.2) is 0 Å². The Morgan fingerprint density at radius 3 is 2.26 bits per heavy atom. The topological polar surface area (TPSA) is 32.7 Å². The lowest BCUT2D eigenvalue weighted by molar-refractivity contribution is 0.00328. The van der Waals surface area contributed by atoms with E-state index in [1.165, 1.54) is 0 Å². The molecule has 3 nitrogen and oxygen atoms in total. The van der Waals surface area contributed by atoms with Gasteiger partial charge in [0, 0.05) is 27.0 Å². The number of fused-ring (bicyclic) bond motifs is 1. The summed E-state index contributed by atoms with van der Waals surface area (Å²) in [7, 11) is 5.77. The van der Waals surface area contributed by atoms with Crippen molar-refractivity contribution in [2.24, 2.45) is 0 Å². The highest BCUT2D eigenvalue weighted by molar-refractivity contribution is 9.10. The minimum absolute atomic E-state index is 0.356. The molecule has 2 atom stereocenters. The van der Waals surface area contributed by atoms with Crippen molar-refractivity contribution in [1.82, 2.24) is 4.90 Å². The molecule has 0 radical (unpaired) electrons. The lowest BCUT2D eigenvalue weighted by Crippen LogP contribution is -2.38. The fourth-order valence-corrected chi connectivity index (χ4v) is 5.67. The number of ether oxygens (including phenoxy) is 1. The maximum atomic E-state index is 12.7. The highest BCUT2D eigenvalue weighted by Gasteiger charge is 2.42. The maximum absolute atomic E-state index is 12.7. The van der Waals surface area contributed by atoms with Crippen LogP contribution in [0.4, 0.5) is 0 Å². The molecule has 4 aromatic rings. The van der Waals surface area contributed by atoms with Gasteiger partial charge in [0.2, 0.25) is 0 Å². The van der Waals surface area contributed by atoms with Crippen LogP contribution < -0.4 is 4.74 Å². The van der Waals surface area contributed by atoms with Gasteiger partial charge in [-0.2, -0.15) is 0 Å². The van der Waals surface area contributed by atoms with Gasteiger partial charge in [0.15, 0.2) is 0 Å². The van der Waals surface area contributed by atoms with Gasteiger partial charge in [-0.1, -0.05) is 86.5 Å². The van der Waals surface area contributed by atoms with Crippen molar-refractivity contribution in [3.8, 4) is 5.75 Å². The predicted octanol–water partition coefficient (Wildman–Crippen LogP) is 7.34. The van der Waals surface area contributed by atoms with E-state index < -0.39 is 5.60 Å². The summed E-state index contributed by atoms with van der Waals surface area (Å²) >= 11 is 7.34. The first-order valence-electron chi connectivity index (χ1n) is 11.3. The summed E-state index contributed by atoms with van der Waals surface area (Å²) < 4.78 is 7.83. The molecule has 0 aromatic heterocycles. The molecular weight excluding hydrogens is 554 g/mol. The van der Waals surface area contributed by atoms with Crippen LogP contribution in [0.15, 0.2) is 93.9 Å². The Hall–Kier alpha value is -2.18. The Labute approximate surface area is 218 Å². The number of halogens is 2. The molecule has 176 valence electrons. The second kappa shape index (κ2) is 10.6. The zero-order valence-electron chi connectivity index (χ0n) is 19.6. The molecule has 0 heterocycles. The lowest BCUT2D eigenvalue weighted by Gasteiger charge is -2.39. The zero-order valence-corrected chi connectivity index (χ0v) is 22.8. The molecular formula is C29H29Br2NO2. The van der Waals surface area contributed by atoms with Crippen molar-refractivity contribution in [2.45, 2.75) is 17.9 Å². The summed E-state index contributed by atoms with van der Waals surface area (Å²) in [6, 6.07) is 28.7. The Balaban J connectivity index is 2.03. The molecule has 0 aliphatic heterocycles. The summed E-state index contributed by atoms with van der Waals surface area (Å²) in [4.78, 5) is 2.11. The van der Waals surface area contributed by atoms with Gasteiger partial charge in [-0.3, -0.25) is 0 Å². The summed E-state index contributed by atoms with van der Waals surface area (Å²) in [5, 5.41) is 14.9. The maximum Gasteiger partial charge on any atom is 0.123 e. The van der Waals surface area contributed by atoms with Gasteiger partial charge in [0.1, 0.15) is 11.4 Å². The van der Waals surface area contributed by atoms with Gasteiger partial charge in [-0.05, 0) is 72.7 Å². The number of methoxy groups -OCH3 is 1. The van der Waals surface area contributed by atoms with Crippen LogP contribution in [0.1, 0.15) is 29.0 Å². The summed E-state index contributed by atoms with van der Waals surface area (Å²) in [6.45, 7) is 0.725. The highest BCUT2D eigenvalue weighted by Crippen LogP contribution is 2.49. The van der Waals surface area contributed by atoms with Crippen molar-refractivity contribution in [1.29, 1.82) is 0 Å². The zero-order chi connectivity index (χ0) is 24.3. The van der Waals surface area contributed by atoms with E-state index in [1.54, 1.807) is 7.11 Å². The molecule has 0 saturated heterocycles. The van der Waals surface area contributed by atoms with Crippen molar-refractivity contribution < 1.29 is 9.84 Å². The van der Waals surface area contributed by atoms with Gasteiger partial charge in [0.25, 0.3) is 0 Å². The minimum atomic E-state index is -1.20. The molecule has 0 aliphatic rings. The third-order valence-corrected chi connectivity index (χ3v) is 7.54. The Bertz CT molecular complexity index is 1280. The quantitative estimate of drug-likeness (QED) is 0.236. The van der Waals surface area contributed by atoms with E-state index in [0.29, 0.717) is 6.42 Å². The number of hydrogen-bond acceptors (Lipinski definition) is 3. The smallest absolute Gasteiger partial charge is 0.123 e. The molecule has 0 aliphatic carbocycles. The van der Waals surface area contributed by atoms with E-state index in [9.17, 15) is 5.11 Å². The minimum Gasteiger partial charge on any atom is -0.496 e. The van der Waals surface area contributed by atoms with E-state index in [-0.39, 0.29) is 5.92 Å². The molecule has 1 N–H and O–H groups in total. The normalized spacial score (nSPS) is 14.2. The fourth-order valence-electron chi connectivity index (χ4n) is 4.67. The monoisotopic (exact) mass is 581 g/mol. The van der Waals surface area contributed by atoms with Gasteiger partial charge in [-0.15, -0.1) is 0 Å². The molecule has 34 heavy (non-hydrogen) atoms. The van der Waals surface area contributed by atoms with Crippen molar-refractivity contribution >= 4 is 42.6 Å². The Kier molecular flexibility index (Phi) is 7.78. The number of benzene rings is 4. The molecule has 4 rings (SSSR count). The molecule has 0 fully saturated rings. The average Bonchev–Trinajstić information content (AvgIpc) is 2.83. The molecule has 5 heteroatoms. The predicted molar refractivity (Wildman–Crippen MR) is 148 cm³/mol. The highest BCUT2D eigenvalue weighted by atomic mass is 79.9. The van der Waals surface area contributed by atoms with Gasteiger partial charge in [0.05, 0.1) is 7.11 Å². The third kappa shape index (κ3) is 5.08. The first-order valence-corrected chi connectivity index (χ1v) is 12.9. The summed E-state index contributed by atoms with van der Waals surface area (Å²) in [5.41, 5.74) is 1.66. The lowest BCUT2D eigenvalue weighted by atomic mass is 9.71. The second-order valence-corrected chi connectivity index (χ2v) is 10.7. The van der Waals surface area contributed by atoms with Crippen LogP contribution in [0.25, 0.3) is 10.8 Å².